The molecule has 0 aromatic heterocycles. The molecule has 8 nitrogen and oxygen atoms in total. The van der Waals surface area contributed by atoms with E-state index in [9.17, 15) is 20.0 Å². The van der Waals surface area contributed by atoms with Gasteiger partial charge in [0, 0.05) is 23.4 Å². The van der Waals surface area contributed by atoms with Crippen LogP contribution < -0.4 is 10.1 Å². The van der Waals surface area contributed by atoms with Crippen LogP contribution in [0.2, 0.25) is 0 Å². The van der Waals surface area contributed by atoms with Crippen LogP contribution in [0.25, 0.3) is 0 Å². The molecule has 0 saturated heterocycles. The largest absolute Gasteiger partial charge is 0.500 e. The van der Waals surface area contributed by atoms with Gasteiger partial charge in [-0.05, 0) is 31.5 Å². The third-order valence-electron chi connectivity index (χ3n) is 4.84. The van der Waals surface area contributed by atoms with E-state index in [0.29, 0.717) is 23.2 Å². The minimum Gasteiger partial charge on any atom is -0.500 e. The second-order valence-electron chi connectivity index (χ2n) is 6.41. The monoisotopic (exact) mass is 371 g/mol. The molecule has 0 fully saturated rings. The van der Waals surface area contributed by atoms with Crippen LogP contribution in [0.4, 0.5) is 11.4 Å². The lowest BCUT2D eigenvalue weighted by atomic mass is 10.00. The Balaban J connectivity index is 2.17. The Morgan fingerprint density at radius 1 is 1.37 bits per heavy atom. The van der Waals surface area contributed by atoms with Gasteiger partial charge in [-0.15, -0.1) is 0 Å². The van der Waals surface area contributed by atoms with Gasteiger partial charge in [0.05, 0.1) is 17.6 Å². The summed E-state index contributed by atoms with van der Waals surface area (Å²) in [6.07, 6.45) is 0.0826. The van der Waals surface area contributed by atoms with Gasteiger partial charge in [-0.25, -0.2) is 0 Å². The number of carbonyl (C=O) groups excluding carboxylic acids is 1. The van der Waals surface area contributed by atoms with Crippen LogP contribution in [0.5, 0.6) is 11.5 Å². The number of para-hydroxylation sites is 1. The van der Waals surface area contributed by atoms with Gasteiger partial charge in [0.2, 0.25) is 5.75 Å². The van der Waals surface area contributed by atoms with Crippen molar-refractivity contribution in [3.05, 3.63) is 57.6 Å². The quantitative estimate of drug-likeness (QED) is 0.614. The van der Waals surface area contributed by atoms with E-state index < -0.39 is 22.5 Å². The van der Waals surface area contributed by atoms with Crippen molar-refractivity contribution in [1.29, 1.82) is 0 Å². The maximum absolute atomic E-state index is 13.1. The maximum atomic E-state index is 13.1. The second-order valence-corrected chi connectivity index (χ2v) is 6.41. The number of rotatable bonds is 5. The molecule has 1 aliphatic heterocycles. The van der Waals surface area contributed by atoms with E-state index in [1.54, 1.807) is 23.1 Å². The molecule has 0 aliphatic carbocycles. The molecule has 2 aromatic carbocycles. The minimum absolute atomic E-state index is 0.0172. The van der Waals surface area contributed by atoms with Gasteiger partial charge >= 0.3 is 5.69 Å². The molecule has 142 valence electrons. The number of carbonyl (C=O) groups is 1. The van der Waals surface area contributed by atoms with Gasteiger partial charge in [0.1, 0.15) is 6.17 Å². The van der Waals surface area contributed by atoms with Crippen molar-refractivity contribution in [2.45, 2.75) is 32.5 Å². The van der Waals surface area contributed by atoms with E-state index >= 15 is 0 Å². The number of fused-ring (bicyclic) bond motifs is 1. The molecule has 1 amide bonds. The van der Waals surface area contributed by atoms with Crippen molar-refractivity contribution in [2.75, 3.05) is 12.4 Å². The third-order valence-corrected chi connectivity index (χ3v) is 4.84. The summed E-state index contributed by atoms with van der Waals surface area (Å²) in [5.41, 5.74) is 1.19. The lowest BCUT2D eigenvalue weighted by Gasteiger charge is -2.41. The Kier molecular flexibility index (Phi) is 4.89. The molecule has 0 bridgehead atoms. The number of nitro benzene ring substituents is 1. The number of anilines is 1. The summed E-state index contributed by atoms with van der Waals surface area (Å²) < 4.78 is 5.10. The molecule has 0 saturated carbocycles. The molecule has 2 aromatic rings. The second kappa shape index (κ2) is 7.14. The van der Waals surface area contributed by atoms with Crippen molar-refractivity contribution in [2.24, 2.45) is 0 Å². The van der Waals surface area contributed by atoms with E-state index in [-0.39, 0.29) is 17.7 Å². The number of nitro groups is 1. The Morgan fingerprint density at radius 2 is 2.07 bits per heavy atom. The highest BCUT2D eigenvalue weighted by Gasteiger charge is 2.36. The fraction of sp³-hybridized carbons (Fsp3) is 0.316. The smallest absolute Gasteiger partial charge is 0.315 e. The number of ether oxygens (including phenoxy) is 1. The summed E-state index contributed by atoms with van der Waals surface area (Å²) in [5.74, 6) is -0.710. The van der Waals surface area contributed by atoms with E-state index in [2.05, 4.69) is 5.32 Å². The fourth-order valence-corrected chi connectivity index (χ4v) is 3.23. The zero-order chi connectivity index (χ0) is 19.7. The van der Waals surface area contributed by atoms with Gasteiger partial charge in [0.25, 0.3) is 5.91 Å². The van der Waals surface area contributed by atoms with Crippen LogP contribution in [0.3, 0.4) is 0 Å². The summed E-state index contributed by atoms with van der Waals surface area (Å²) in [4.78, 5) is 25.5. The Labute approximate surface area is 156 Å². The van der Waals surface area contributed by atoms with Crippen LogP contribution in [-0.4, -0.2) is 34.0 Å². The zero-order valence-corrected chi connectivity index (χ0v) is 15.3. The molecule has 2 atom stereocenters. The number of benzene rings is 2. The number of hydrogen-bond donors (Lipinski definition) is 2. The molecule has 0 spiro atoms. The molecular formula is C19H21N3O5. The van der Waals surface area contributed by atoms with Crippen molar-refractivity contribution in [3.8, 4) is 11.5 Å². The molecule has 1 heterocycles. The summed E-state index contributed by atoms with van der Waals surface area (Å²) in [5, 5.41) is 24.7. The molecule has 0 radical (unpaired) electrons. The molecule has 27 heavy (non-hydrogen) atoms. The Hall–Kier alpha value is -3.29. The average Bonchev–Trinajstić information content (AvgIpc) is 2.67. The van der Waals surface area contributed by atoms with Crippen LogP contribution >= 0.6 is 0 Å². The van der Waals surface area contributed by atoms with E-state index in [1.807, 2.05) is 19.9 Å². The summed E-state index contributed by atoms with van der Waals surface area (Å²) in [7, 11) is 1.32. The predicted molar refractivity (Wildman–Crippen MR) is 100 cm³/mol. The highest BCUT2D eigenvalue weighted by Crippen LogP contribution is 2.42. The van der Waals surface area contributed by atoms with Gasteiger partial charge in [-0.1, -0.05) is 19.1 Å². The molecule has 8 heteroatoms. The first-order valence-corrected chi connectivity index (χ1v) is 8.62. The average molecular weight is 371 g/mol. The lowest BCUT2D eigenvalue weighted by Crippen LogP contribution is -2.47. The van der Waals surface area contributed by atoms with Crippen molar-refractivity contribution in [3.63, 3.8) is 0 Å². The number of phenolic OH excluding ortho intramolecular Hbond substituents is 1. The number of amides is 1. The summed E-state index contributed by atoms with van der Waals surface area (Å²) >= 11 is 0. The van der Waals surface area contributed by atoms with E-state index in [0.717, 1.165) is 0 Å². The molecular weight excluding hydrogens is 350 g/mol. The lowest BCUT2D eigenvalue weighted by molar-refractivity contribution is -0.386. The maximum Gasteiger partial charge on any atom is 0.315 e. The van der Waals surface area contributed by atoms with E-state index in [1.165, 1.54) is 19.2 Å². The van der Waals surface area contributed by atoms with Crippen LogP contribution in [0.15, 0.2) is 36.4 Å². The van der Waals surface area contributed by atoms with Crippen LogP contribution in [-0.2, 0) is 0 Å². The normalized spacial score (nSPS) is 17.1. The number of hydrogen-bond acceptors (Lipinski definition) is 6. The summed E-state index contributed by atoms with van der Waals surface area (Å²) in [6.45, 7) is 3.89. The Bertz CT molecular complexity index is 899. The highest BCUT2D eigenvalue weighted by atomic mass is 16.6. The van der Waals surface area contributed by atoms with Crippen molar-refractivity contribution in [1.82, 2.24) is 4.90 Å². The minimum atomic E-state index is -0.673. The number of methoxy groups -OCH3 is 1. The fourth-order valence-electron chi connectivity index (χ4n) is 3.23. The van der Waals surface area contributed by atoms with Crippen LogP contribution in [0.1, 0.15) is 42.4 Å². The Morgan fingerprint density at radius 3 is 2.70 bits per heavy atom. The molecule has 3 rings (SSSR count). The van der Waals surface area contributed by atoms with Gasteiger partial charge < -0.3 is 20.1 Å². The number of nitrogens with zero attached hydrogens (tertiary/aromatic N) is 2. The first-order chi connectivity index (χ1) is 12.9. The number of aromatic hydroxyl groups is 1. The topological polar surface area (TPSA) is 105 Å². The molecule has 1 aliphatic rings. The van der Waals surface area contributed by atoms with E-state index in [4.69, 9.17) is 4.74 Å². The molecule has 2 N–H and O–H groups in total. The number of phenols is 1. The van der Waals surface area contributed by atoms with Gasteiger partial charge in [0.15, 0.2) is 5.75 Å². The molecule has 0 unspecified atom stereocenters. The van der Waals surface area contributed by atoms with Gasteiger partial charge in [-0.2, -0.15) is 0 Å². The van der Waals surface area contributed by atoms with Crippen molar-refractivity contribution >= 4 is 17.3 Å². The highest BCUT2D eigenvalue weighted by molar-refractivity contribution is 6.02. The third kappa shape index (κ3) is 3.14. The van der Waals surface area contributed by atoms with Crippen LogP contribution in [0, 0.1) is 10.1 Å². The summed E-state index contributed by atoms with van der Waals surface area (Å²) in [6, 6.07) is 9.82. The first kappa shape index (κ1) is 18.5. The van der Waals surface area contributed by atoms with Gasteiger partial charge in [-0.3, -0.25) is 14.9 Å². The zero-order valence-electron chi connectivity index (χ0n) is 15.3. The number of nitrogens with one attached hydrogen (secondary N) is 1. The first-order valence-electron chi connectivity index (χ1n) is 8.62. The SMILES string of the molecule is CC[C@@H](C)N1C(=O)c2ccccc2N[C@H]1c1cc(OC)c(O)c([N+](=O)[O-])c1. The van der Waals surface area contributed by atoms with Crippen molar-refractivity contribution < 1.29 is 19.6 Å². The predicted octanol–water partition coefficient (Wildman–Crippen LogP) is 3.67. The standard InChI is InChI=1S/C19H21N3O5/c1-4-11(2)21-18(20-14-8-6-5-7-13(14)19(21)24)12-9-15(22(25)26)17(23)16(10-12)27-3/h5-11,18,20,23H,4H2,1-3H3/t11-,18-/m1/s1.